The highest BCUT2D eigenvalue weighted by molar-refractivity contribution is 6.40. The summed E-state index contributed by atoms with van der Waals surface area (Å²) in [4.78, 5) is 31.8. The Morgan fingerprint density at radius 2 is 1.79 bits per heavy atom. The summed E-state index contributed by atoms with van der Waals surface area (Å²) in [5.41, 5.74) is 1.86. The third-order valence-electron chi connectivity index (χ3n) is 6.32. The lowest BCUT2D eigenvalue weighted by molar-refractivity contribution is -0.117. The molecule has 1 heterocycles. The van der Waals surface area contributed by atoms with Gasteiger partial charge in [0.15, 0.2) is 0 Å². The number of amides is 2. The van der Waals surface area contributed by atoms with Crippen molar-refractivity contribution in [1.82, 2.24) is 15.5 Å². The molecule has 148 valence electrons. The Hall–Kier alpha value is -2.63. The van der Waals surface area contributed by atoms with Crippen LogP contribution in [0.1, 0.15) is 54.4 Å². The van der Waals surface area contributed by atoms with E-state index in [1.807, 2.05) is 49.3 Å². The van der Waals surface area contributed by atoms with Crippen LogP contribution in [0.3, 0.4) is 0 Å². The number of aryl methyl sites for hydroxylation is 1. The molecule has 2 fully saturated rings. The van der Waals surface area contributed by atoms with E-state index in [0.29, 0.717) is 17.8 Å². The number of aliphatic imine (C=N–C) groups is 1. The fourth-order valence-electron chi connectivity index (χ4n) is 4.94. The number of fused-ring (bicyclic) bond motifs is 2. The molecule has 2 unspecified atom stereocenters. The highest BCUT2D eigenvalue weighted by atomic mass is 16.2. The van der Waals surface area contributed by atoms with Gasteiger partial charge in [-0.3, -0.25) is 14.6 Å². The van der Waals surface area contributed by atoms with Crippen LogP contribution < -0.4 is 10.6 Å². The zero-order valence-corrected chi connectivity index (χ0v) is 16.6. The summed E-state index contributed by atoms with van der Waals surface area (Å²) in [6.07, 6.45) is 9.04. The number of carbonyl (C=O) groups is 2. The van der Waals surface area contributed by atoms with Gasteiger partial charge in [-0.15, -0.1) is 0 Å². The molecular weight excluding hydrogens is 352 g/mol. The maximum atomic E-state index is 12.8. The average Bonchev–Trinajstić information content (AvgIpc) is 2.91. The van der Waals surface area contributed by atoms with E-state index in [2.05, 4.69) is 15.6 Å². The van der Waals surface area contributed by atoms with Gasteiger partial charge in [-0.05, 0) is 57.6 Å². The Bertz CT molecular complexity index is 862. The number of nitrogens with one attached hydrogen (secondary N) is 2. The molecule has 2 aliphatic carbocycles. The highest BCUT2D eigenvalue weighted by Gasteiger charge is 2.52. The molecule has 0 saturated heterocycles. The van der Waals surface area contributed by atoms with Crippen molar-refractivity contribution in [3.63, 3.8) is 0 Å². The molecule has 2 bridgehead atoms. The topological polar surface area (TPSA) is 73.8 Å². The van der Waals surface area contributed by atoms with Crippen molar-refractivity contribution in [3.8, 4) is 0 Å². The Kier molecular flexibility index (Phi) is 4.73. The van der Waals surface area contributed by atoms with Crippen molar-refractivity contribution in [2.24, 2.45) is 4.99 Å². The minimum Gasteiger partial charge on any atom is -0.373 e. The van der Waals surface area contributed by atoms with Crippen LogP contribution in [-0.4, -0.2) is 47.1 Å². The Labute approximate surface area is 166 Å². The molecule has 2 saturated carbocycles. The summed E-state index contributed by atoms with van der Waals surface area (Å²) in [5.74, 6) is -0.102. The van der Waals surface area contributed by atoms with Crippen LogP contribution in [0.15, 0.2) is 41.7 Å². The van der Waals surface area contributed by atoms with Crippen molar-refractivity contribution in [3.05, 3.63) is 47.8 Å². The molecular formula is C22H28N4O2. The SMILES string of the molecule is Cc1cccc(C(=O)NC23CCCC(NC(=O)C4=NC=CN(C)C4)(CC2)C3)c1. The van der Waals surface area contributed by atoms with Gasteiger partial charge in [0.2, 0.25) is 0 Å². The van der Waals surface area contributed by atoms with E-state index in [0.717, 1.165) is 44.1 Å². The van der Waals surface area contributed by atoms with Gasteiger partial charge in [-0.1, -0.05) is 17.7 Å². The molecule has 0 radical (unpaired) electrons. The second-order valence-corrected chi connectivity index (χ2v) is 8.66. The molecule has 6 nitrogen and oxygen atoms in total. The first-order valence-electron chi connectivity index (χ1n) is 10.0. The molecule has 1 aliphatic heterocycles. The van der Waals surface area contributed by atoms with E-state index in [4.69, 9.17) is 0 Å². The normalized spacial score (nSPS) is 28.6. The Morgan fingerprint density at radius 3 is 2.46 bits per heavy atom. The first kappa shape index (κ1) is 18.7. The van der Waals surface area contributed by atoms with Gasteiger partial charge in [0.05, 0.1) is 6.54 Å². The van der Waals surface area contributed by atoms with Gasteiger partial charge in [-0.2, -0.15) is 0 Å². The number of rotatable bonds is 4. The number of hydrogen-bond donors (Lipinski definition) is 2. The number of carbonyl (C=O) groups excluding carboxylic acids is 2. The predicted molar refractivity (Wildman–Crippen MR) is 109 cm³/mol. The van der Waals surface area contributed by atoms with Crippen LogP contribution >= 0.6 is 0 Å². The first-order valence-corrected chi connectivity index (χ1v) is 10.0. The standard InChI is InChI=1S/C22H28N4O2/c1-16-5-3-6-17(13-16)19(27)24-21-7-4-8-22(15-21,10-9-21)25-20(28)18-14-26(2)12-11-23-18/h3,5-6,11-13H,4,7-10,14-15H2,1-2H3,(H,24,27)(H,25,28). The van der Waals surface area contributed by atoms with Gasteiger partial charge < -0.3 is 15.5 Å². The molecule has 0 aromatic heterocycles. The maximum absolute atomic E-state index is 12.8. The maximum Gasteiger partial charge on any atom is 0.267 e. The lowest BCUT2D eigenvalue weighted by Crippen LogP contribution is -2.56. The van der Waals surface area contributed by atoms with Gasteiger partial charge in [0.25, 0.3) is 11.8 Å². The minimum atomic E-state index is -0.239. The molecule has 28 heavy (non-hydrogen) atoms. The van der Waals surface area contributed by atoms with E-state index in [9.17, 15) is 9.59 Å². The van der Waals surface area contributed by atoms with Crippen LogP contribution in [0.2, 0.25) is 0 Å². The van der Waals surface area contributed by atoms with Crippen molar-refractivity contribution in [2.45, 2.75) is 56.5 Å². The molecule has 1 aromatic carbocycles. The second-order valence-electron chi connectivity index (χ2n) is 8.66. The summed E-state index contributed by atoms with van der Waals surface area (Å²) < 4.78 is 0. The smallest absolute Gasteiger partial charge is 0.267 e. The van der Waals surface area contributed by atoms with E-state index in [1.54, 1.807) is 6.20 Å². The lowest BCUT2D eigenvalue weighted by Gasteiger charge is -2.40. The Balaban J connectivity index is 1.45. The third-order valence-corrected chi connectivity index (χ3v) is 6.32. The Morgan fingerprint density at radius 1 is 1.07 bits per heavy atom. The predicted octanol–water partition coefficient (Wildman–Crippen LogP) is 2.54. The highest BCUT2D eigenvalue weighted by Crippen LogP contribution is 2.48. The number of benzene rings is 1. The van der Waals surface area contributed by atoms with Crippen LogP contribution in [0.4, 0.5) is 0 Å². The zero-order valence-electron chi connectivity index (χ0n) is 16.6. The minimum absolute atomic E-state index is 0.0175. The monoisotopic (exact) mass is 380 g/mol. The lowest BCUT2D eigenvalue weighted by atomic mass is 9.78. The van der Waals surface area contributed by atoms with Crippen LogP contribution in [0.5, 0.6) is 0 Å². The van der Waals surface area contributed by atoms with E-state index in [-0.39, 0.29) is 22.9 Å². The molecule has 2 N–H and O–H groups in total. The van der Waals surface area contributed by atoms with E-state index < -0.39 is 0 Å². The molecule has 6 heteroatoms. The molecule has 4 rings (SSSR count). The summed E-state index contributed by atoms with van der Waals surface area (Å²) in [6, 6.07) is 7.69. The van der Waals surface area contributed by atoms with Crippen molar-refractivity contribution >= 4 is 17.5 Å². The largest absolute Gasteiger partial charge is 0.373 e. The van der Waals surface area contributed by atoms with E-state index >= 15 is 0 Å². The van der Waals surface area contributed by atoms with Gasteiger partial charge in [-0.25, -0.2) is 0 Å². The fourth-order valence-corrected chi connectivity index (χ4v) is 4.94. The van der Waals surface area contributed by atoms with Crippen LogP contribution in [-0.2, 0) is 4.79 Å². The molecule has 2 atom stereocenters. The number of nitrogens with zero attached hydrogens (tertiary/aromatic N) is 2. The van der Waals surface area contributed by atoms with Crippen molar-refractivity contribution < 1.29 is 9.59 Å². The van der Waals surface area contributed by atoms with Gasteiger partial charge in [0, 0.05) is 36.1 Å². The van der Waals surface area contributed by atoms with E-state index in [1.165, 1.54) is 0 Å². The van der Waals surface area contributed by atoms with Crippen molar-refractivity contribution in [2.75, 3.05) is 13.6 Å². The summed E-state index contributed by atoms with van der Waals surface area (Å²) in [5, 5.41) is 6.59. The summed E-state index contributed by atoms with van der Waals surface area (Å²) in [7, 11) is 1.93. The summed E-state index contributed by atoms with van der Waals surface area (Å²) in [6.45, 7) is 2.51. The first-order chi connectivity index (χ1) is 13.4. The molecule has 1 aromatic rings. The zero-order chi connectivity index (χ0) is 19.8. The molecule has 3 aliphatic rings. The second kappa shape index (κ2) is 7.08. The number of hydrogen-bond acceptors (Lipinski definition) is 4. The van der Waals surface area contributed by atoms with Crippen LogP contribution in [0.25, 0.3) is 0 Å². The molecule has 0 spiro atoms. The van der Waals surface area contributed by atoms with Crippen LogP contribution in [0, 0.1) is 6.92 Å². The fraction of sp³-hybridized carbons (Fsp3) is 0.500. The summed E-state index contributed by atoms with van der Waals surface area (Å²) >= 11 is 0. The van der Waals surface area contributed by atoms with Gasteiger partial charge >= 0.3 is 0 Å². The van der Waals surface area contributed by atoms with Gasteiger partial charge in [0.1, 0.15) is 5.71 Å². The quantitative estimate of drug-likeness (QED) is 0.843. The molecule has 2 amide bonds. The van der Waals surface area contributed by atoms with Crippen molar-refractivity contribution in [1.29, 1.82) is 0 Å². The third kappa shape index (κ3) is 3.68. The average molecular weight is 380 g/mol.